The van der Waals surface area contributed by atoms with Crippen LogP contribution in [0.25, 0.3) is 0 Å². The van der Waals surface area contributed by atoms with Gasteiger partial charge in [-0.15, -0.1) is 0 Å². The number of hydrogen-bond acceptors (Lipinski definition) is 4. The average molecular weight is 238 g/mol. The van der Waals surface area contributed by atoms with Crippen LogP contribution in [0.5, 0.6) is 0 Å². The lowest BCUT2D eigenvalue weighted by molar-refractivity contribution is -0.385. The third-order valence-corrected chi connectivity index (χ3v) is 2.68. The van der Waals surface area contributed by atoms with Gasteiger partial charge in [-0.25, -0.2) is 0 Å². The lowest BCUT2D eigenvalue weighted by Gasteiger charge is -2.16. The largest absolute Gasteiger partial charge is 0.396 e. The molecular weight excluding hydrogens is 220 g/mol. The Bertz CT molecular complexity index is 382. The SMILES string of the molecule is CC(CO)CNC(C)c1ccccc1[N+](=O)[O-]. The number of para-hydroxylation sites is 1. The third kappa shape index (κ3) is 3.80. The number of nitro groups is 1. The first-order chi connectivity index (χ1) is 8.06. The zero-order valence-electron chi connectivity index (χ0n) is 10.1. The number of nitro benzene ring substituents is 1. The average Bonchev–Trinajstić information content (AvgIpc) is 2.35. The molecule has 0 spiro atoms. The number of hydrogen-bond donors (Lipinski definition) is 2. The molecule has 2 atom stereocenters. The van der Waals surface area contributed by atoms with Gasteiger partial charge in [-0.3, -0.25) is 10.1 Å². The predicted molar refractivity (Wildman–Crippen MR) is 65.8 cm³/mol. The van der Waals surface area contributed by atoms with E-state index in [4.69, 9.17) is 5.11 Å². The van der Waals surface area contributed by atoms with Gasteiger partial charge in [0.2, 0.25) is 0 Å². The highest BCUT2D eigenvalue weighted by Gasteiger charge is 2.17. The molecule has 0 aliphatic heterocycles. The summed E-state index contributed by atoms with van der Waals surface area (Å²) in [6, 6.07) is 6.59. The van der Waals surface area contributed by atoms with Gasteiger partial charge in [0, 0.05) is 30.8 Å². The van der Waals surface area contributed by atoms with Crippen molar-refractivity contribution in [3.05, 3.63) is 39.9 Å². The maximum Gasteiger partial charge on any atom is 0.274 e. The minimum Gasteiger partial charge on any atom is -0.396 e. The van der Waals surface area contributed by atoms with Crippen LogP contribution in [0.15, 0.2) is 24.3 Å². The second-order valence-electron chi connectivity index (χ2n) is 4.23. The van der Waals surface area contributed by atoms with Crippen molar-refractivity contribution >= 4 is 5.69 Å². The summed E-state index contributed by atoms with van der Waals surface area (Å²) in [5.41, 5.74) is 0.798. The molecule has 94 valence electrons. The van der Waals surface area contributed by atoms with Crippen molar-refractivity contribution in [2.24, 2.45) is 5.92 Å². The van der Waals surface area contributed by atoms with E-state index in [1.54, 1.807) is 18.2 Å². The third-order valence-electron chi connectivity index (χ3n) is 2.68. The van der Waals surface area contributed by atoms with Crippen LogP contribution in [-0.4, -0.2) is 23.2 Å². The molecule has 2 N–H and O–H groups in total. The van der Waals surface area contributed by atoms with E-state index in [0.29, 0.717) is 12.1 Å². The van der Waals surface area contributed by atoms with E-state index in [1.807, 2.05) is 13.8 Å². The van der Waals surface area contributed by atoms with Gasteiger partial charge in [0.05, 0.1) is 4.92 Å². The Morgan fingerprint density at radius 1 is 1.41 bits per heavy atom. The second kappa shape index (κ2) is 6.32. The van der Waals surface area contributed by atoms with Crippen molar-refractivity contribution < 1.29 is 10.0 Å². The van der Waals surface area contributed by atoms with Crippen LogP contribution in [0.1, 0.15) is 25.5 Å². The second-order valence-corrected chi connectivity index (χ2v) is 4.23. The van der Waals surface area contributed by atoms with Gasteiger partial charge in [0.25, 0.3) is 5.69 Å². The van der Waals surface area contributed by atoms with Crippen molar-refractivity contribution in [2.75, 3.05) is 13.2 Å². The summed E-state index contributed by atoms with van der Waals surface area (Å²) in [7, 11) is 0. The summed E-state index contributed by atoms with van der Waals surface area (Å²) in [5.74, 6) is 0.139. The molecule has 17 heavy (non-hydrogen) atoms. The fraction of sp³-hybridized carbons (Fsp3) is 0.500. The van der Waals surface area contributed by atoms with Crippen molar-refractivity contribution in [3.8, 4) is 0 Å². The van der Waals surface area contributed by atoms with Gasteiger partial charge in [-0.05, 0) is 12.8 Å². The van der Waals surface area contributed by atoms with Crippen molar-refractivity contribution in [1.29, 1.82) is 0 Å². The Morgan fingerprint density at radius 3 is 2.65 bits per heavy atom. The minimum absolute atomic E-state index is 0.106. The highest BCUT2D eigenvalue weighted by molar-refractivity contribution is 5.41. The van der Waals surface area contributed by atoms with Crippen LogP contribution < -0.4 is 5.32 Å². The molecule has 5 heteroatoms. The van der Waals surface area contributed by atoms with E-state index in [-0.39, 0.29) is 29.2 Å². The highest BCUT2D eigenvalue weighted by atomic mass is 16.6. The van der Waals surface area contributed by atoms with Crippen LogP contribution in [0.2, 0.25) is 0 Å². The van der Waals surface area contributed by atoms with Gasteiger partial charge in [0.15, 0.2) is 0 Å². The molecule has 0 heterocycles. The van der Waals surface area contributed by atoms with Gasteiger partial charge in [-0.2, -0.15) is 0 Å². The molecule has 5 nitrogen and oxygen atoms in total. The van der Waals surface area contributed by atoms with Crippen LogP contribution in [0, 0.1) is 16.0 Å². The van der Waals surface area contributed by atoms with E-state index in [0.717, 1.165) is 0 Å². The summed E-state index contributed by atoms with van der Waals surface area (Å²) in [4.78, 5) is 10.5. The number of aliphatic hydroxyl groups excluding tert-OH is 1. The minimum atomic E-state index is -0.372. The lowest BCUT2D eigenvalue weighted by Crippen LogP contribution is -2.26. The Morgan fingerprint density at radius 2 is 2.06 bits per heavy atom. The van der Waals surface area contributed by atoms with E-state index >= 15 is 0 Å². The standard InChI is InChI=1S/C12H18N2O3/c1-9(8-15)7-13-10(2)11-5-3-4-6-12(11)14(16)17/h3-6,9-10,13,15H,7-8H2,1-2H3. The van der Waals surface area contributed by atoms with Crippen LogP contribution in [0.4, 0.5) is 5.69 Å². The van der Waals surface area contributed by atoms with Crippen molar-refractivity contribution in [3.63, 3.8) is 0 Å². The molecule has 0 aromatic heterocycles. The Hall–Kier alpha value is -1.46. The molecule has 0 aliphatic carbocycles. The first-order valence-corrected chi connectivity index (χ1v) is 5.63. The van der Waals surface area contributed by atoms with Crippen LogP contribution in [0.3, 0.4) is 0 Å². The van der Waals surface area contributed by atoms with Gasteiger partial charge < -0.3 is 10.4 Å². The molecule has 1 aromatic carbocycles. The first kappa shape index (κ1) is 13.6. The van der Waals surface area contributed by atoms with Gasteiger partial charge >= 0.3 is 0 Å². The summed E-state index contributed by atoms with van der Waals surface area (Å²) >= 11 is 0. The zero-order chi connectivity index (χ0) is 12.8. The molecule has 0 aliphatic rings. The fourth-order valence-corrected chi connectivity index (χ4v) is 1.57. The molecule has 0 fully saturated rings. The Balaban J connectivity index is 2.74. The summed E-state index contributed by atoms with van der Waals surface area (Å²) in [5, 5.41) is 23.0. The highest BCUT2D eigenvalue weighted by Crippen LogP contribution is 2.24. The number of rotatable bonds is 6. The normalized spacial score (nSPS) is 14.3. The molecule has 0 saturated carbocycles. The lowest BCUT2D eigenvalue weighted by atomic mass is 10.1. The molecule has 2 unspecified atom stereocenters. The smallest absolute Gasteiger partial charge is 0.274 e. The monoisotopic (exact) mass is 238 g/mol. The van der Waals surface area contributed by atoms with E-state index < -0.39 is 0 Å². The molecule has 1 rings (SSSR count). The van der Waals surface area contributed by atoms with Crippen molar-refractivity contribution in [2.45, 2.75) is 19.9 Å². The summed E-state index contributed by atoms with van der Waals surface area (Å²) in [6.07, 6.45) is 0. The van der Waals surface area contributed by atoms with Gasteiger partial charge in [0.1, 0.15) is 0 Å². The fourth-order valence-electron chi connectivity index (χ4n) is 1.57. The summed E-state index contributed by atoms with van der Waals surface area (Å²) < 4.78 is 0. The Kier molecular flexibility index (Phi) is 5.06. The number of nitrogens with zero attached hydrogens (tertiary/aromatic N) is 1. The molecule has 0 amide bonds. The van der Waals surface area contributed by atoms with E-state index in [2.05, 4.69) is 5.32 Å². The number of benzene rings is 1. The zero-order valence-corrected chi connectivity index (χ0v) is 10.1. The molecule has 0 bridgehead atoms. The van der Waals surface area contributed by atoms with Crippen LogP contribution >= 0.6 is 0 Å². The number of nitrogens with one attached hydrogen (secondary N) is 1. The molecule has 1 aromatic rings. The van der Waals surface area contributed by atoms with E-state index in [1.165, 1.54) is 6.07 Å². The Labute approximate surface area is 101 Å². The maximum atomic E-state index is 10.9. The summed E-state index contributed by atoms with van der Waals surface area (Å²) in [6.45, 7) is 4.53. The molecule has 0 radical (unpaired) electrons. The maximum absolute atomic E-state index is 10.9. The molecular formula is C12H18N2O3. The van der Waals surface area contributed by atoms with Crippen molar-refractivity contribution in [1.82, 2.24) is 5.32 Å². The van der Waals surface area contributed by atoms with Gasteiger partial charge in [-0.1, -0.05) is 25.1 Å². The topological polar surface area (TPSA) is 75.4 Å². The van der Waals surface area contributed by atoms with E-state index in [9.17, 15) is 10.1 Å². The molecule has 0 saturated heterocycles. The first-order valence-electron chi connectivity index (χ1n) is 5.63. The van der Waals surface area contributed by atoms with Crippen LogP contribution in [-0.2, 0) is 0 Å². The quantitative estimate of drug-likeness (QED) is 0.586. The predicted octanol–water partition coefficient (Wildman–Crippen LogP) is 1.87. The number of aliphatic hydroxyl groups is 1.